The van der Waals surface area contributed by atoms with Gasteiger partial charge < -0.3 is 0 Å². The molecule has 0 aliphatic rings. The summed E-state index contributed by atoms with van der Waals surface area (Å²) in [6, 6.07) is 0. The first-order valence-corrected chi connectivity index (χ1v) is 4.50. The fraction of sp³-hybridized carbons (Fsp3) is 0.727. The Morgan fingerprint density at radius 2 is 1.91 bits per heavy atom. The molecule has 1 unspecified atom stereocenters. The van der Waals surface area contributed by atoms with Crippen molar-refractivity contribution in [1.82, 2.24) is 0 Å². The lowest BCUT2D eigenvalue weighted by Gasteiger charge is -2.13. The van der Waals surface area contributed by atoms with E-state index in [1.54, 1.807) is 0 Å². The Morgan fingerprint density at radius 3 is 2.18 bits per heavy atom. The lowest BCUT2D eigenvalue weighted by atomic mass is 9.92. The lowest BCUT2D eigenvalue weighted by molar-refractivity contribution is 0.555. The quantitative estimate of drug-likeness (QED) is 0.538. The second-order valence-electron chi connectivity index (χ2n) is 3.61. The molecule has 0 aromatic carbocycles. The zero-order chi connectivity index (χ0) is 8.85. The molecule has 0 rings (SSSR count). The third-order valence-electron chi connectivity index (χ3n) is 2.06. The number of allylic oxidation sites excluding steroid dienone is 1. The van der Waals surface area contributed by atoms with Gasteiger partial charge in [0.15, 0.2) is 0 Å². The van der Waals surface area contributed by atoms with Crippen LogP contribution in [0.5, 0.6) is 0 Å². The average Bonchev–Trinajstić information content (AvgIpc) is 1.98. The third kappa shape index (κ3) is 4.06. The lowest BCUT2D eigenvalue weighted by Crippen LogP contribution is -2.00. The summed E-state index contributed by atoms with van der Waals surface area (Å²) in [4.78, 5) is 0. The second kappa shape index (κ2) is 5.21. The number of hydrogen-bond acceptors (Lipinski definition) is 0. The van der Waals surface area contributed by atoms with Crippen molar-refractivity contribution in [3.8, 4) is 0 Å². The molecule has 0 spiro atoms. The van der Waals surface area contributed by atoms with Gasteiger partial charge in [0.1, 0.15) is 0 Å². The van der Waals surface area contributed by atoms with E-state index in [4.69, 9.17) is 0 Å². The topological polar surface area (TPSA) is 0 Å². The minimum atomic E-state index is 0.662. The Balaban J connectivity index is 4.08. The molecule has 0 heterocycles. The highest BCUT2D eigenvalue weighted by Crippen LogP contribution is 2.20. The van der Waals surface area contributed by atoms with E-state index < -0.39 is 0 Å². The van der Waals surface area contributed by atoms with Crippen molar-refractivity contribution in [1.29, 1.82) is 0 Å². The first-order chi connectivity index (χ1) is 5.11. The van der Waals surface area contributed by atoms with Crippen molar-refractivity contribution < 1.29 is 0 Å². The van der Waals surface area contributed by atoms with Gasteiger partial charge in [0.25, 0.3) is 0 Å². The first kappa shape index (κ1) is 10.5. The summed E-state index contributed by atoms with van der Waals surface area (Å²) in [5.74, 6) is 1.39. The van der Waals surface area contributed by atoms with Crippen molar-refractivity contribution in [3.63, 3.8) is 0 Å². The zero-order valence-corrected chi connectivity index (χ0v) is 8.28. The van der Waals surface area contributed by atoms with Gasteiger partial charge in [0.2, 0.25) is 0 Å². The van der Waals surface area contributed by atoms with Crippen molar-refractivity contribution in [2.45, 2.75) is 40.5 Å². The molecule has 0 aromatic heterocycles. The molecule has 1 atom stereocenters. The van der Waals surface area contributed by atoms with E-state index in [1.807, 2.05) is 0 Å². The molecule has 0 aliphatic heterocycles. The van der Waals surface area contributed by atoms with Gasteiger partial charge in [-0.05, 0) is 30.3 Å². The van der Waals surface area contributed by atoms with Gasteiger partial charge in [-0.15, -0.1) is 5.73 Å². The van der Waals surface area contributed by atoms with E-state index in [0.29, 0.717) is 5.92 Å². The molecule has 0 saturated heterocycles. The first-order valence-electron chi connectivity index (χ1n) is 4.50. The van der Waals surface area contributed by atoms with Gasteiger partial charge in [0.05, 0.1) is 0 Å². The molecule has 0 bridgehead atoms. The van der Waals surface area contributed by atoms with E-state index in [9.17, 15) is 0 Å². The summed E-state index contributed by atoms with van der Waals surface area (Å²) < 4.78 is 0. The predicted molar refractivity (Wildman–Crippen MR) is 51.6 cm³/mol. The summed E-state index contributed by atoms with van der Waals surface area (Å²) in [5, 5.41) is 0. The number of hydrogen-bond donors (Lipinski definition) is 0. The fourth-order valence-electron chi connectivity index (χ4n) is 1.13. The molecule has 0 aromatic rings. The van der Waals surface area contributed by atoms with Gasteiger partial charge in [0, 0.05) is 0 Å². The van der Waals surface area contributed by atoms with Crippen molar-refractivity contribution in [2.75, 3.05) is 0 Å². The molecule has 64 valence electrons. The largest absolute Gasteiger partial charge is 0.129 e. The Kier molecular flexibility index (Phi) is 4.98. The number of rotatable bonds is 4. The van der Waals surface area contributed by atoms with Crippen LogP contribution in [0.25, 0.3) is 0 Å². The van der Waals surface area contributed by atoms with Crippen LogP contribution >= 0.6 is 0 Å². The monoisotopic (exact) mass is 152 g/mol. The molecule has 0 nitrogen and oxygen atoms in total. The van der Waals surface area contributed by atoms with Crippen LogP contribution in [0.4, 0.5) is 0 Å². The third-order valence-corrected chi connectivity index (χ3v) is 2.06. The van der Waals surface area contributed by atoms with E-state index in [-0.39, 0.29) is 0 Å². The van der Waals surface area contributed by atoms with E-state index in [1.165, 1.54) is 12.0 Å². The van der Waals surface area contributed by atoms with Gasteiger partial charge in [-0.2, -0.15) is 0 Å². The molecule has 0 radical (unpaired) electrons. The maximum absolute atomic E-state index is 3.72. The maximum Gasteiger partial charge on any atom is -0.0158 e. The van der Waals surface area contributed by atoms with Crippen LogP contribution in [0, 0.1) is 11.8 Å². The molecule has 0 saturated carbocycles. The molecule has 0 aliphatic carbocycles. The van der Waals surface area contributed by atoms with Crippen LogP contribution in [0.3, 0.4) is 0 Å². The highest BCUT2D eigenvalue weighted by atomic mass is 14.1. The molecule has 0 heteroatoms. The fourth-order valence-corrected chi connectivity index (χ4v) is 1.13. The predicted octanol–water partition coefficient (Wildman–Crippen LogP) is 3.79. The Hall–Kier alpha value is -0.480. The SMILES string of the molecule is C=C=C(CC(C)C)C(C)CC. The average molecular weight is 152 g/mol. The molecule has 0 amide bonds. The summed E-state index contributed by atoms with van der Waals surface area (Å²) in [5.41, 5.74) is 4.44. The van der Waals surface area contributed by atoms with Gasteiger partial charge in [-0.25, -0.2) is 0 Å². The van der Waals surface area contributed by atoms with Crippen molar-refractivity contribution in [3.05, 3.63) is 17.9 Å². The summed E-state index contributed by atoms with van der Waals surface area (Å²) in [6.45, 7) is 12.6. The van der Waals surface area contributed by atoms with Crippen LogP contribution in [-0.2, 0) is 0 Å². The van der Waals surface area contributed by atoms with Crippen molar-refractivity contribution in [2.24, 2.45) is 11.8 Å². The smallest absolute Gasteiger partial charge is 0.0158 e. The molecule has 11 heavy (non-hydrogen) atoms. The Bertz CT molecular complexity index is 147. The van der Waals surface area contributed by atoms with Crippen LogP contribution in [0.1, 0.15) is 40.5 Å². The van der Waals surface area contributed by atoms with E-state index in [0.717, 1.165) is 12.3 Å². The van der Waals surface area contributed by atoms with Gasteiger partial charge in [-0.1, -0.05) is 34.3 Å². The van der Waals surface area contributed by atoms with E-state index >= 15 is 0 Å². The van der Waals surface area contributed by atoms with Crippen LogP contribution in [0.2, 0.25) is 0 Å². The standard InChI is InChI=1S/C11H20/c1-6-10(5)11(7-2)8-9(3)4/h9-10H,2,6,8H2,1,3-5H3. The summed E-state index contributed by atoms with van der Waals surface area (Å²) >= 11 is 0. The molecular formula is C11H20. The zero-order valence-electron chi connectivity index (χ0n) is 8.28. The normalized spacial score (nSPS) is 12.8. The highest BCUT2D eigenvalue weighted by Gasteiger charge is 2.06. The highest BCUT2D eigenvalue weighted by molar-refractivity contribution is 5.03. The maximum atomic E-state index is 3.72. The van der Waals surface area contributed by atoms with E-state index in [2.05, 4.69) is 40.0 Å². The summed E-state index contributed by atoms with van der Waals surface area (Å²) in [7, 11) is 0. The minimum absolute atomic E-state index is 0.662. The van der Waals surface area contributed by atoms with Gasteiger partial charge in [-0.3, -0.25) is 0 Å². The van der Waals surface area contributed by atoms with Crippen LogP contribution < -0.4 is 0 Å². The minimum Gasteiger partial charge on any atom is -0.129 e. The summed E-state index contributed by atoms with van der Waals surface area (Å²) in [6.07, 6.45) is 2.35. The van der Waals surface area contributed by atoms with Crippen LogP contribution in [0.15, 0.2) is 17.9 Å². The van der Waals surface area contributed by atoms with Gasteiger partial charge >= 0.3 is 0 Å². The molecule has 0 N–H and O–H groups in total. The second-order valence-corrected chi connectivity index (χ2v) is 3.61. The Labute approximate surface area is 71.0 Å². The molecular weight excluding hydrogens is 132 g/mol. The molecule has 0 fully saturated rings. The van der Waals surface area contributed by atoms with Crippen molar-refractivity contribution >= 4 is 0 Å². The Morgan fingerprint density at radius 1 is 1.36 bits per heavy atom. The van der Waals surface area contributed by atoms with Crippen LogP contribution in [-0.4, -0.2) is 0 Å².